The molecule has 9 heavy (non-hydrogen) atoms. The fraction of sp³-hybridized carbons (Fsp3) is 1.00. The molecule has 0 aromatic carbocycles. The van der Waals surface area contributed by atoms with Crippen LogP contribution in [-0.2, 0) is 4.74 Å². The summed E-state index contributed by atoms with van der Waals surface area (Å²) in [5, 5.41) is 13.6. The summed E-state index contributed by atoms with van der Waals surface area (Å²) in [6, 6.07) is 0. The van der Waals surface area contributed by atoms with Gasteiger partial charge in [-0.3, -0.25) is 0 Å². The van der Waals surface area contributed by atoms with E-state index in [4.69, 9.17) is 31.7 Å². The molecule has 1 aliphatic rings. The first-order chi connectivity index (χ1) is 4.16. The molecule has 54 valence electrons. The third-order valence-corrected chi connectivity index (χ3v) is 0.919. The molecule has 0 saturated carbocycles. The third-order valence-electron chi connectivity index (χ3n) is 0.574. The van der Waals surface area contributed by atoms with E-state index in [1.165, 1.54) is 0 Å². The first-order valence-corrected chi connectivity index (χ1v) is 2.71. The third kappa shape index (κ3) is 11.2. The first kappa shape index (κ1) is 8.45. The van der Waals surface area contributed by atoms with Crippen molar-refractivity contribution in [1.82, 2.24) is 0 Å². The minimum atomic E-state index is -1.50. The van der Waals surface area contributed by atoms with Crippen molar-refractivity contribution < 1.29 is 15.0 Å². The largest absolute Gasteiger partial charge is 0.372 e. The van der Waals surface area contributed by atoms with Crippen LogP contribution in [0.5, 0.6) is 0 Å². The molecule has 0 radical (unpaired) electrons. The Balaban J connectivity index is 0.000000148. The van der Waals surface area contributed by atoms with Crippen molar-refractivity contribution in [3.8, 4) is 0 Å². The van der Waals surface area contributed by atoms with Gasteiger partial charge < -0.3 is 9.94 Å². The highest BCUT2D eigenvalue weighted by atomic mass is 35.5. The minimum Gasteiger partial charge on any atom is -0.372 e. The Bertz CT molecular complexity index is 89.8. The van der Waals surface area contributed by atoms with E-state index in [0.717, 1.165) is 6.61 Å². The molecule has 1 atom stereocenters. The molecular formula is C3H6ClNO4. The molecule has 0 aromatic heterocycles. The van der Waals surface area contributed by atoms with Gasteiger partial charge in [0.1, 0.15) is 0 Å². The lowest BCUT2D eigenvalue weighted by Gasteiger charge is -1.67. The number of hydrogen-bond donors (Lipinski definition) is 1. The van der Waals surface area contributed by atoms with E-state index in [0.29, 0.717) is 12.0 Å². The van der Waals surface area contributed by atoms with E-state index < -0.39 is 5.09 Å². The summed E-state index contributed by atoms with van der Waals surface area (Å²) in [6.45, 7) is 0.878. The molecule has 1 fully saturated rings. The SMILES string of the molecule is ClCC1CO1.O=[N+]([O-])O. The molecule has 1 N–H and O–H groups in total. The Morgan fingerprint density at radius 2 is 2.33 bits per heavy atom. The van der Waals surface area contributed by atoms with Crippen molar-refractivity contribution in [1.29, 1.82) is 0 Å². The molecule has 1 heterocycles. The van der Waals surface area contributed by atoms with Gasteiger partial charge in [-0.15, -0.1) is 21.7 Å². The number of rotatable bonds is 1. The van der Waals surface area contributed by atoms with Crippen LogP contribution in [0.4, 0.5) is 0 Å². The minimum absolute atomic E-state index is 0.400. The second kappa shape index (κ2) is 4.34. The Kier molecular flexibility index (Phi) is 4.08. The summed E-state index contributed by atoms with van der Waals surface area (Å²) >= 11 is 5.27. The normalized spacial score (nSPS) is 21.7. The van der Waals surface area contributed by atoms with E-state index >= 15 is 0 Å². The monoisotopic (exact) mass is 155 g/mol. The zero-order chi connectivity index (χ0) is 7.28. The smallest absolute Gasteiger partial charge is 0.291 e. The molecule has 1 rings (SSSR count). The van der Waals surface area contributed by atoms with Crippen LogP contribution in [-0.4, -0.2) is 28.9 Å². The summed E-state index contributed by atoms with van der Waals surface area (Å²) in [4.78, 5) is 8.36. The second-order valence-electron chi connectivity index (χ2n) is 1.35. The van der Waals surface area contributed by atoms with Crippen molar-refractivity contribution in [2.24, 2.45) is 0 Å². The number of epoxide rings is 1. The van der Waals surface area contributed by atoms with Crippen molar-refractivity contribution in [3.63, 3.8) is 0 Å². The van der Waals surface area contributed by atoms with E-state index in [9.17, 15) is 0 Å². The fourth-order valence-corrected chi connectivity index (χ4v) is 0.335. The molecule has 6 heteroatoms. The summed E-state index contributed by atoms with van der Waals surface area (Å²) in [7, 11) is 0. The van der Waals surface area contributed by atoms with E-state index in [2.05, 4.69) is 0 Å². The predicted octanol–water partition coefficient (Wildman–Crippen LogP) is 0.276. The molecule has 0 spiro atoms. The maximum absolute atomic E-state index is 8.36. The van der Waals surface area contributed by atoms with Gasteiger partial charge in [-0.1, -0.05) is 0 Å². The van der Waals surface area contributed by atoms with Gasteiger partial charge in [0.05, 0.1) is 18.6 Å². The second-order valence-corrected chi connectivity index (χ2v) is 1.66. The summed E-state index contributed by atoms with van der Waals surface area (Å²) in [6.07, 6.45) is 0.400. The van der Waals surface area contributed by atoms with Crippen molar-refractivity contribution in [2.45, 2.75) is 6.10 Å². The van der Waals surface area contributed by atoms with E-state index in [1.807, 2.05) is 0 Å². The number of hydrogen-bond acceptors (Lipinski definition) is 3. The summed E-state index contributed by atoms with van der Waals surface area (Å²) in [5.41, 5.74) is 0. The molecule has 5 nitrogen and oxygen atoms in total. The highest BCUT2D eigenvalue weighted by Crippen LogP contribution is 2.08. The topological polar surface area (TPSA) is 75.9 Å². The zero-order valence-corrected chi connectivity index (χ0v) is 5.24. The zero-order valence-electron chi connectivity index (χ0n) is 4.49. The Morgan fingerprint density at radius 3 is 2.33 bits per heavy atom. The van der Waals surface area contributed by atoms with Crippen molar-refractivity contribution in [3.05, 3.63) is 10.1 Å². The summed E-state index contributed by atoms with van der Waals surface area (Å²) < 4.78 is 4.73. The van der Waals surface area contributed by atoms with Crippen LogP contribution < -0.4 is 0 Å². The van der Waals surface area contributed by atoms with Gasteiger partial charge in [-0.25, -0.2) is 0 Å². The molecule has 1 saturated heterocycles. The number of halogens is 1. The van der Waals surface area contributed by atoms with Crippen LogP contribution in [0.25, 0.3) is 0 Å². The standard InChI is InChI=1S/C3H5ClO.HNO3/c4-1-3-2-5-3;2-1(3)4/h3H,1-2H2;(H,2,3,4). The summed E-state index contributed by atoms with van der Waals surface area (Å²) in [5.74, 6) is 0.667. The molecule has 1 aliphatic heterocycles. The van der Waals surface area contributed by atoms with Crippen molar-refractivity contribution >= 4 is 11.6 Å². The Morgan fingerprint density at radius 1 is 2.00 bits per heavy atom. The lowest BCUT2D eigenvalue weighted by Crippen LogP contribution is -1.81. The molecule has 1 unspecified atom stereocenters. The lowest BCUT2D eigenvalue weighted by molar-refractivity contribution is -0.742. The number of ether oxygens (including phenoxy) is 1. The molecule has 0 amide bonds. The Hall–Kier alpha value is -0.550. The number of alkyl halides is 1. The van der Waals surface area contributed by atoms with E-state index in [-0.39, 0.29) is 0 Å². The van der Waals surface area contributed by atoms with Crippen LogP contribution in [0.3, 0.4) is 0 Å². The number of nitrogens with zero attached hydrogens (tertiary/aromatic N) is 1. The van der Waals surface area contributed by atoms with Gasteiger partial charge in [0.25, 0.3) is 5.09 Å². The van der Waals surface area contributed by atoms with E-state index in [1.54, 1.807) is 0 Å². The van der Waals surface area contributed by atoms with Gasteiger partial charge in [-0.05, 0) is 0 Å². The van der Waals surface area contributed by atoms with Crippen LogP contribution in [0, 0.1) is 10.1 Å². The fourth-order valence-electron chi connectivity index (χ4n) is 0.157. The quantitative estimate of drug-likeness (QED) is 0.255. The lowest BCUT2D eigenvalue weighted by atomic mass is 10.6. The van der Waals surface area contributed by atoms with Crippen molar-refractivity contribution in [2.75, 3.05) is 12.5 Å². The molecular weight excluding hydrogens is 149 g/mol. The van der Waals surface area contributed by atoms with Crippen LogP contribution in [0.2, 0.25) is 0 Å². The van der Waals surface area contributed by atoms with Gasteiger partial charge in [0, 0.05) is 0 Å². The first-order valence-electron chi connectivity index (χ1n) is 2.17. The van der Waals surface area contributed by atoms with Crippen LogP contribution >= 0.6 is 11.6 Å². The van der Waals surface area contributed by atoms with Gasteiger partial charge in [-0.2, -0.15) is 0 Å². The van der Waals surface area contributed by atoms with Gasteiger partial charge in [0.2, 0.25) is 0 Å². The molecule has 0 aromatic rings. The average Bonchev–Trinajstić information content (AvgIpc) is 2.43. The van der Waals surface area contributed by atoms with Crippen LogP contribution in [0.1, 0.15) is 0 Å². The van der Waals surface area contributed by atoms with Crippen LogP contribution in [0.15, 0.2) is 0 Å². The highest BCUT2D eigenvalue weighted by Gasteiger charge is 2.19. The van der Waals surface area contributed by atoms with Gasteiger partial charge >= 0.3 is 0 Å². The highest BCUT2D eigenvalue weighted by molar-refractivity contribution is 6.18. The maximum atomic E-state index is 8.36. The van der Waals surface area contributed by atoms with Gasteiger partial charge in [0.15, 0.2) is 0 Å². The molecule has 0 aliphatic carbocycles. The maximum Gasteiger partial charge on any atom is 0.291 e. The predicted molar refractivity (Wildman–Crippen MR) is 29.2 cm³/mol. The molecule has 0 bridgehead atoms. The average molecular weight is 156 g/mol. The Labute approximate surface area is 56.3 Å².